The number of carbonyl (C=O) groups excluding carboxylic acids is 1. The molecule has 5 heteroatoms. The molecule has 5 N–H and O–H groups in total. The van der Waals surface area contributed by atoms with Crippen LogP contribution in [0.5, 0.6) is 0 Å². The van der Waals surface area contributed by atoms with Gasteiger partial charge in [0, 0.05) is 12.1 Å². The maximum atomic E-state index is 10.9. The van der Waals surface area contributed by atoms with Gasteiger partial charge in [0.2, 0.25) is 0 Å². The van der Waals surface area contributed by atoms with Crippen LogP contribution >= 0.6 is 0 Å². The average molecular weight is 254 g/mol. The molecule has 104 valence electrons. The van der Waals surface area contributed by atoms with E-state index in [1.807, 2.05) is 0 Å². The maximum Gasteiger partial charge on any atom is 0.312 e. The third-order valence-electron chi connectivity index (χ3n) is 4.49. The summed E-state index contributed by atoms with van der Waals surface area (Å²) in [5, 5.41) is 2.86. The van der Waals surface area contributed by atoms with Crippen molar-refractivity contribution in [2.75, 3.05) is 19.6 Å². The normalized spacial score (nSPS) is 31.2. The number of hydrogen-bond donors (Lipinski definition) is 3. The van der Waals surface area contributed by atoms with E-state index in [2.05, 4.69) is 10.2 Å². The van der Waals surface area contributed by atoms with Crippen molar-refractivity contribution in [2.45, 2.75) is 50.6 Å². The van der Waals surface area contributed by atoms with Crippen LogP contribution in [-0.2, 0) is 0 Å². The highest BCUT2D eigenvalue weighted by atomic mass is 16.2. The van der Waals surface area contributed by atoms with Crippen molar-refractivity contribution in [1.29, 1.82) is 0 Å². The second-order valence-electron chi connectivity index (χ2n) is 5.74. The molecule has 0 aromatic rings. The van der Waals surface area contributed by atoms with Gasteiger partial charge in [-0.05, 0) is 64.1 Å². The van der Waals surface area contributed by atoms with Crippen molar-refractivity contribution in [3.05, 3.63) is 0 Å². The minimum absolute atomic E-state index is 0.272. The zero-order chi connectivity index (χ0) is 13.0. The van der Waals surface area contributed by atoms with E-state index >= 15 is 0 Å². The van der Waals surface area contributed by atoms with Crippen LogP contribution in [0.15, 0.2) is 0 Å². The minimum atomic E-state index is -0.387. The van der Waals surface area contributed by atoms with E-state index in [-0.39, 0.29) is 12.1 Å². The van der Waals surface area contributed by atoms with E-state index in [0.29, 0.717) is 12.0 Å². The van der Waals surface area contributed by atoms with Crippen molar-refractivity contribution < 1.29 is 4.79 Å². The van der Waals surface area contributed by atoms with Crippen molar-refractivity contribution in [3.63, 3.8) is 0 Å². The molecule has 2 rings (SSSR count). The lowest BCUT2D eigenvalue weighted by Crippen LogP contribution is -2.49. The van der Waals surface area contributed by atoms with Crippen molar-refractivity contribution >= 4 is 6.03 Å². The predicted octanol–water partition coefficient (Wildman–Crippen LogP) is 0.637. The maximum absolute atomic E-state index is 10.9. The minimum Gasteiger partial charge on any atom is -0.352 e. The monoisotopic (exact) mass is 254 g/mol. The first-order chi connectivity index (χ1) is 8.69. The first kappa shape index (κ1) is 13.6. The Morgan fingerprint density at radius 2 is 1.94 bits per heavy atom. The number of piperidine rings is 1. The van der Waals surface area contributed by atoms with E-state index in [1.165, 1.54) is 25.7 Å². The van der Waals surface area contributed by atoms with Gasteiger partial charge >= 0.3 is 6.03 Å². The molecule has 18 heavy (non-hydrogen) atoms. The van der Waals surface area contributed by atoms with E-state index in [1.54, 1.807) is 0 Å². The van der Waals surface area contributed by atoms with Crippen LogP contribution in [0.4, 0.5) is 4.79 Å². The molecule has 1 aliphatic carbocycles. The van der Waals surface area contributed by atoms with Gasteiger partial charge in [-0.25, -0.2) is 4.79 Å². The number of likely N-dealkylation sites (tertiary alicyclic amines) is 1. The Kier molecular flexibility index (Phi) is 4.83. The summed E-state index contributed by atoms with van der Waals surface area (Å²) in [5.74, 6) is 0.712. The lowest BCUT2D eigenvalue weighted by molar-refractivity contribution is 0.0993. The van der Waals surface area contributed by atoms with Crippen molar-refractivity contribution in [1.82, 2.24) is 10.2 Å². The third-order valence-corrected chi connectivity index (χ3v) is 4.49. The van der Waals surface area contributed by atoms with E-state index in [9.17, 15) is 4.79 Å². The van der Waals surface area contributed by atoms with Gasteiger partial charge in [-0.1, -0.05) is 0 Å². The number of rotatable bonds is 3. The van der Waals surface area contributed by atoms with Gasteiger partial charge in [0.1, 0.15) is 0 Å². The van der Waals surface area contributed by atoms with Crippen LogP contribution in [0.2, 0.25) is 0 Å². The molecular formula is C13H26N4O. The average Bonchev–Trinajstić information content (AvgIpc) is 2.38. The summed E-state index contributed by atoms with van der Waals surface area (Å²) in [4.78, 5) is 13.5. The quantitative estimate of drug-likeness (QED) is 0.691. The molecule has 0 bridgehead atoms. The molecule has 5 nitrogen and oxygen atoms in total. The molecule has 1 aliphatic heterocycles. The van der Waals surface area contributed by atoms with Gasteiger partial charge < -0.3 is 21.7 Å². The molecule has 2 atom stereocenters. The summed E-state index contributed by atoms with van der Waals surface area (Å²) in [7, 11) is 0. The summed E-state index contributed by atoms with van der Waals surface area (Å²) in [6.07, 6.45) is 7.01. The summed E-state index contributed by atoms with van der Waals surface area (Å²) in [6, 6.07) is 0.505. The second-order valence-corrected chi connectivity index (χ2v) is 5.74. The predicted molar refractivity (Wildman–Crippen MR) is 72.1 cm³/mol. The Morgan fingerprint density at radius 1 is 1.22 bits per heavy atom. The van der Waals surface area contributed by atoms with Gasteiger partial charge in [0.05, 0.1) is 0 Å². The number of nitrogens with one attached hydrogen (secondary N) is 1. The molecule has 2 amide bonds. The topological polar surface area (TPSA) is 84.4 Å². The van der Waals surface area contributed by atoms with Crippen LogP contribution in [-0.4, -0.2) is 42.6 Å². The van der Waals surface area contributed by atoms with Crippen LogP contribution in [0.1, 0.15) is 38.5 Å². The molecule has 1 heterocycles. The summed E-state index contributed by atoms with van der Waals surface area (Å²) in [6.45, 7) is 3.15. The first-order valence-electron chi connectivity index (χ1n) is 7.19. The van der Waals surface area contributed by atoms with Gasteiger partial charge in [-0.15, -0.1) is 0 Å². The fraction of sp³-hybridized carbons (Fsp3) is 0.923. The molecule has 1 saturated carbocycles. The molecule has 2 fully saturated rings. The van der Waals surface area contributed by atoms with Crippen LogP contribution < -0.4 is 16.8 Å². The Balaban J connectivity index is 1.80. The Morgan fingerprint density at radius 3 is 2.56 bits per heavy atom. The van der Waals surface area contributed by atoms with Crippen molar-refractivity contribution in [2.24, 2.45) is 17.4 Å². The number of hydrogen-bond acceptors (Lipinski definition) is 3. The van der Waals surface area contributed by atoms with Crippen LogP contribution in [0.25, 0.3) is 0 Å². The lowest BCUT2D eigenvalue weighted by atomic mass is 9.87. The fourth-order valence-electron chi connectivity index (χ4n) is 3.38. The number of amides is 2. The van der Waals surface area contributed by atoms with Crippen molar-refractivity contribution in [3.8, 4) is 0 Å². The van der Waals surface area contributed by atoms with Gasteiger partial charge in [-0.3, -0.25) is 0 Å². The van der Waals surface area contributed by atoms with E-state index < -0.39 is 0 Å². The number of carbonyl (C=O) groups is 1. The summed E-state index contributed by atoms with van der Waals surface area (Å²) < 4.78 is 0. The summed E-state index contributed by atoms with van der Waals surface area (Å²) in [5.41, 5.74) is 10.9. The molecule has 1 saturated heterocycles. The Bertz CT molecular complexity index is 276. The standard InChI is InChI=1S/C13H26N4O/c14-9-10-4-6-17(7-5-10)12-3-1-2-11(8-12)16-13(15)18/h10-12H,1-9,14H2,(H3,15,16,18). The number of urea groups is 1. The zero-order valence-electron chi connectivity index (χ0n) is 11.1. The molecule has 2 aliphatic rings. The molecule has 0 radical (unpaired) electrons. The van der Waals surface area contributed by atoms with E-state index in [4.69, 9.17) is 11.5 Å². The molecule has 0 spiro atoms. The van der Waals surface area contributed by atoms with Gasteiger partial charge in [0.25, 0.3) is 0 Å². The molecule has 0 aromatic heterocycles. The second kappa shape index (κ2) is 6.38. The summed E-state index contributed by atoms with van der Waals surface area (Å²) >= 11 is 0. The van der Waals surface area contributed by atoms with Crippen LogP contribution in [0.3, 0.4) is 0 Å². The SMILES string of the molecule is NCC1CCN(C2CCCC(NC(N)=O)C2)CC1. The number of primary amides is 1. The Labute approximate surface area is 109 Å². The van der Waals surface area contributed by atoms with Gasteiger partial charge in [-0.2, -0.15) is 0 Å². The van der Waals surface area contributed by atoms with E-state index in [0.717, 1.165) is 32.5 Å². The highest BCUT2D eigenvalue weighted by Gasteiger charge is 2.29. The molecular weight excluding hydrogens is 228 g/mol. The molecule has 2 unspecified atom stereocenters. The lowest BCUT2D eigenvalue weighted by Gasteiger charge is -2.41. The third kappa shape index (κ3) is 3.59. The highest BCUT2D eigenvalue weighted by Crippen LogP contribution is 2.27. The fourth-order valence-corrected chi connectivity index (χ4v) is 3.38. The number of nitrogens with two attached hydrogens (primary N) is 2. The largest absolute Gasteiger partial charge is 0.352 e. The Hall–Kier alpha value is -0.810. The van der Waals surface area contributed by atoms with Crippen LogP contribution in [0, 0.1) is 5.92 Å². The molecule has 0 aromatic carbocycles. The first-order valence-corrected chi connectivity index (χ1v) is 7.19. The van der Waals surface area contributed by atoms with Gasteiger partial charge in [0.15, 0.2) is 0 Å². The number of nitrogens with zero attached hydrogens (tertiary/aromatic N) is 1. The smallest absolute Gasteiger partial charge is 0.312 e. The highest BCUT2D eigenvalue weighted by molar-refractivity contribution is 5.71. The zero-order valence-corrected chi connectivity index (χ0v) is 11.1.